The molecule has 0 atom stereocenters. The van der Waals surface area contributed by atoms with E-state index in [0.717, 1.165) is 22.8 Å². The number of amides is 1. The summed E-state index contributed by atoms with van der Waals surface area (Å²) in [5.41, 5.74) is 4.44. The molecular weight excluding hydrogens is 342 g/mol. The van der Waals surface area contributed by atoms with Crippen LogP contribution in [0.5, 0.6) is 0 Å². The number of aryl methyl sites for hydroxylation is 3. The molecule has 0 bridgehead atoms. The summed E-state index contributed by atoms with van der Waals surface area (Å²) < 4.78 is 3.53. The normalized spacial score (nSPS) is 11.1. The fraction of sp³-hybridized carbons (Fsp3) is 0.211. The van der Waals surface area contributed by atoms with Crippen LogP contribution in [0.15, 0.2) is 43.1 Å². The molecule has 8 heteroatoms. The van der Waals surface area contributed by atoms with Crippen LogP contribution in [0.1, 0.15) is 33.0 Å². The first-order chi connectivity index (χ1) is 13.0. The van der Waals surface area contributed by atoms with Crippen LogP contribution in [-0.4, -0.2) is 35.0 Å². The van der Waals surface area contributed by atoms with E-state index in [1.54, 1.807) is 23.2 Å². The fourth-order valence-corrected chi connectivity index (χ4v) is 3.03. The highest BCUT2D eigenvalue weighted by molar-refractivity contribution is 6.01. The fourth-order valence-electron chi connectivity index (χ4n) is 3.03. The largest absolute Gasteiger partial charge is 0.348 e. The van der Waals surface area contributed by atoms with Gasteiger partial charge in [0.05, 0.1) is 5.69 Å². The quantitative estimate of drug-likeness (QED) is 0.602. The van der Waals surface area contributed by atoms with Gasteiger partial charge in [0.2, 0.25) is 0 Å². The third kappa shape index (κ3) is 3.17. The van der Waals surface area contributed by atoms with Gasteiger partial charge in [-0.1, -0.05) is 6.07 Å². The molecule has 27 heavy (non-hydrogen) atoms. The van der Waals surface area contributed by atoms with Crippen LogP contribution in [0.4, 0.5) is 0 Å². The molecule has 1 N–H and O–H groups in total. The number of nitrogens with zero attached hydrogens (tertiary/aromatic N) is 6. The van der Waals surface area contributed by atoms with Crippen LogP contribution >= 0.6 is 0 Å². The molecule has 0 aliphatic rings. The molecule has 0 radical (unpaired) electrons. The maximum absolute atomic E-state index is 12.8. The van der Waals surface area contributed by atoms with Gasteiger partial charge in [0.1, 0.15) is 17.7 Å². The SMILES string of the molecule is Cc1cc(C)n2nc(C)c(C(=O)NCc3ccc(-n4ccnc4)nc3)c2n1. The van der Waals surface area contributed by atoms with Gasteiger partial charge < -0.3 is 5.32 Å². The molecule has 136 valence electrons. The minimum Gasteiger partial charge on any atom is -0.348 e. The summed E-state index contributed by atoms with van der Waals surface area (Å²) in [6.07, 6.45) is 6.96. The average molecular weight is 361 g/mol. The predicted octanol–water partition coefficient (Wildman–Crippen LogP) is 2.17. The maximum atomic E-state index is 12.8. The number of rotatable bonds is 4. The maximum Gasteiger partial charge on any atom is 0.257 e. The molecule has 4 aromatic heterocycles. The van der Waals surface area contributed by atoms with Crippen LogP contribution in [0.25, 0.3) is 11.5 Å². The lowest BCUT2D eigenvalue weighted by Crippen LogP contribution is -2.23. The highest BCUT2D eigenvalue weighted by atomic mass is 16.1. The van der Waals surface area contributed by atoms with E-state index in [9.17, 15) is 4.79 Å². The van der Waals surface area contributed by atoms with Crippen molar-refractivity contribution >= 4 is 11.6 Å². The Morgan fingerprint density at radius 3 is 2.78 bits per heavy atom. The molecule has 0 unspecified atom stereocenters. The van der Waals surface area contributed by atoms with Crippen LogP contribution in [-0.2, 0) is 6.54 Å². The minimum atomic E-state index is -0.196. The first-order valence-electron chi connectivity index (χ1n) is 8.58. The highest BCUT2D eigenvalue weighted by Crippen LogP contribution is 2.16. The van der Waals surface area contributed by atoms with Crippen molar-refractivity contribution in [1.82, 2.24) is 34.4 Å². The highest BCUT2D eigenvalue weighted by Gasteiger charge is 2.19. The molecule has 1 amide bonds. The van der Waals surface area contributed by atoms with Crippen LogP contribution in [0, 0.1) is 20.8 Å². The monoisotopic (exact) mass is 361 g/mol. The van der Waals surface area contributed by atoms with Gasteiger partial charge in [-0.25, -0.2) is 19.5 Å². The summed E-state index contributed by atoms with van der Waals surface area (Å²) in [6, 6.07) is 5.75. The summed E-state index contributed by atoms with van der Waals surface area (Å²) in [6.45, 7) is 6.05. The van der Waals surface area contributed by atoms with E-state index >= 15 is 0 Å². The summed E-state index contributed by atoms with van der Waals surface area (Å²) in [4.78, 5) is 25.6. The number of carbonyl (C=O) groups excluding carboxylic acids is 1. The molecule has 0 spiro atoms. The zero-order valence-electron chi connectivity index (χ0n) is 15.3. The van der Waals surface area contributed by atoms with Crippen molar-refractivity contribution in [3.05, 3.63) is 71.3 Å². The second-order valence-electron chi connectivity index (χ2n) is 6.41. The summed E-state index contributed by atoms with van der Waals surface area (Å²) >= 11 is 0. The van der Waals surface area contributed by atoms with Crippen molar-refractivity contribution < 1.29 is 4.79 Å². The number of hydrogen-bond donors (Lipinski definition) is 1. The van der Waals surface area contributed by atoms with Crippen molar-refractivity contribution in [3.8, 4) is 5.82 Å². The number of hydrogen-bond acceptors (Lipinski definition) is 5. The first-order valence-corrected chi connectivity index (χ1v) is 8.58. The van der Waals surface area contributed by atoms with E-state index in [1.807, 2.05) is 49.7 Å². The lowest BCUT2D eigenvalue weighted by atomic mass is 10.2. The number of fused-ring (bicyclic) bond motifs is 1. The van der Waals surface area contributed by atoms with Gasteiger partial charge >= 0.3 is 0 Å². The third-order valence-corrected chi connectivity index (χ3v) is 4.33. The topological polar surface area (TPSA) is 90.0 Å². The molecular formula is C19H19N7O. The van der Waals surface area contributed by atoms with Gasteiger partial charge in [-0.3, -0.25) is 9.36 Å². The zero-order chi connectivity index (χ0) is 19.0. The van der Waals surface area contributed by atoms with Gasteiger partial charge in [0, 0.05) is 36.5 Å². The average Bonchev–Trinajstić information content (AvgIpc) is 3.28. The Bertz CT molecular complexity index is 1110. The number of pyridine rings is 1. The molecule has 4 rings (SSSR count). The van der Waals surface area contributed by atoms with E-state index in [2.05, 4.69) is 25.4 Å². The molecule has 0 aliphatic carbocycles. The Labute approximate surface area is 155 Å². The van der Waals surface area contributed by atoms with E-state index < -0.39 is 0 Å². The van der Waals surface area contributed by atoms with Gasteiger partial charge in [-0.05, 0) is 38.5 Å². The Kier molecular flexibility index (Phi) is 4.15. The van der Waals surface area contributed by atoms with Crippen molar-refractivity contribution in [1.29, 1.82) is 0 Å². The second kappa shape index (κ2) is 6.64. The van der Waals surface area contributed by atoms with Gasteiger partial charge in [0.25, 0.3) is 5.91 Å². The minimum absolute atomic E-state index is 0.196. The molecule has 4 aromatic rings. The lowest BCUT2D eigenvalue weighted by molar-refractivity contribution is 0.0951. The van der Waals surface area contributed by atoms with Crippen LogP contribution in [0.2, 0.25) is 0 Å². The molecule has 0 fully saturated rings. The molecule has 0 saturated carbocycles. The molecule has 0 saturated heterocycles. The van der Waals surface area contributed by atoms with E-state index in [4.69, 9.17) is 0 Å². The molecule has 0 aromatic carbocycles. The number of imidazole rings is 1. The Morgan fingerprint density at radius 1 is 1.22 bits per heavy atom. The number of aromatic nitrogens is 6. The third-order valence-electron chi connectivity index (χ3n) is 4.33. The van der Waals surface area contributed by atoms with Crippen LogP contribution in [0.3, 0.4) is 0 Å². The Hall–Kier alpha value is -3.55. The van der Waals surface area contributed by atoms with Crippen molar-refractivity contribution in [3.63, 3.8) is 0 Å². The van der Waals surface area contributed by atoms with E-state index in [-0.39, 0.29) is 5.91 Å². The van der Waals surface area contributed by atoms with E-state index in [1.165, 1.54) is 0 Å². The summed E-state index contributed by atoms with van der Waals surface area (Å²) in [5, 5.41) is 7.38. The van der Waals surface area contributed by atoms with Crippen molar-refractivity contribution in [2.75, 3.05) is 0 Å². The Balaban J connectivity index is 1.53. The molecule has 8 nitrogen and oxygen atoms in total. The van der Waals surface area contributed by atoms with Crippen molar-refractivity contribution in [2.24, 2.45) is 0 Å². The van der Waals surface area contributed by atoms with Gasteiger partial charge in [-0.2, -0.15) is 5.10 Å². The second-order valence-corrected chi connectivity index (χ2v) is 6.41. The predicted molar refractivity (Wildman–Crippen MR) is 99.7 cm³/mol. The summed E-state index contributed by atoms with van der Waals surface area (Å²) in [5.74, 6) is 0.579. The lowest BCUT2D eigenvalue weighted by Gasteiger charge is -2.07. The molecule has 4 heterocycles. The summed E-state index contributed by atoms with van der Waals surface area (Å²) in [7, 11) is 0. The van der Waals surface area contributed by atoms with E-state index in [0.29, 0.717) is 23.4 Å². The standard InChI is InChI=1S/C19H19N7O/c1-12-8-13(2)26-18(23-12)17(14(3)24-26)19(27)22-10-15-4-5-16(21-9-15)25-7-6-20-11-25/h4-9,11H,10H2,1-3H3,(H,22,27). The van der Waals surface area contributed by atoms with Gasteiger partial charge in [-0.15, -0.1) is 0 Å². The smallest absolute Gasteiger partial charge is 0.257 e. The number of carbonyl (C=O) groups is 1. The molecule has 0 aliphatic heterocycles. The van der Waals surface area contributed by atoms with Crippen LogP contribution < -0.4 is 5.32 Å². The van der Waals surface area contributed by atoms with Crippen molar-refractivity contribution in [2.45, 2.75) is 27.3 Å². The zero-order valence-corrected chi connectivity index (χ0v) is 15.3. The first kappa shape index (κ1) is 16.9. The Morgan fingerprint density at radius 2 is 2.07 bits per heavy atom. The number of nitrogens with one attached hydrogen (secondary N) is 1. The van der Waals surface area contributed by atoms with Gasteiger partial charge in [0.15, 0.2) is 5.65 Å².